The smallest absolute Gasteiger partial charge is 0.0736 e. The van der Waals surface area contributed by atoms with Crippen molar-refractivity contribution in [2.45, 2.75) is 44.4 Å². The fourth-order valence-electron chi connectivity index (χ4n) is 4.48. The predicted molar refractivity (Wildman–Crippen MR) is 104 cm³/mol. The molecule has 2 aliphatic heterocycles. The summed E-state index contributed by atoms with van der Waals surface area (Å²) in [5.74, 6) is 0.618. The van der Waals surface area contributed by atoms with E-state index < -0.39 is 0 Å². The summed E-state index contributed by atoms with van der Waals surface area (Å²) in [5.41, 5.74) is 2.50. The van der Waals surface area contributed by atoms with E-state index >= 15 is 0 Å². The molecule has 2 saturated heterocycles. The van der Waals surface area contributed by atoms with Crippen molar-refractivity contribution in [2.24, 2.45) is 5.92 Å². The fraction of sp³-hybridized carbons (Fsp3) is 0.545. The third kappa shape index (κ3) is 4.72. The highest BCUT2D eigenvalue weighted by molar-refractivity contribution is 5.09. The summed E-state index contributed by atoms with van der Waals surface area (Å²) in [5, 5.41) is 0. The predicted octanol–water partition coefficient (Wildman–Crippen LogP) is 3.45. The molecular weight excluding hydrogens is 338 g/mol. The molecule has 0 aromatic carbocycles. The van der Waals surface area contributed by atoms with Crippen molar-refractivity contribution in [3.05, 3.63) is 60.2 Å². The molecule has 5 heteroatoms. The third-order valence-electron chi connectivity index (χ3n) is 6.03. The molecule has 0 aliphatic carbocycles. The van der Waals surface area contributed by atoms with Crippen LogP contribution in [0.25, 0.3) is 0 Å². The topological polar surface area (TPSA) is 47.5 Å². The molecule has 2 fully saturated rings. The molecule has 4 rings (SSSR count). The van der Waals surface area contributed by atoms with Gasteiger partial charge in [0.2, 0.25) is 0 Å². The molecule has 1 atom stereocenters. The Bertz CT molecular complexity index is 687. The van der Waals surface area contributed by atoms with Gasteiger partial charge >= 0.3 is 0 Å². The Balaban J connectivity index is 1.23. The molecule has 0 bridgehead atoms. The van der Waals surface area contributed by atoms with Gasteiger partial charge in [0.1, 0.15) is 0 Å². The number of nitrogens with zero attached hydrogens (tertiary/aromatic N) is 3. The van der Waals surface area contributed by atoms with Crippen molar-refractivity contribution in [2.75, 3.05) is 26.3 Å². The van der Waals surface area contributed by atoms with Gasteiger partial charge in [-0.15, -0.1) is 0 Å². The number of likely N-dealkylation sites (tertiary alicyclic amines) is 1. The van der Waals surface area contributed by atoms with Gasteiger partial charge in [0, 0.05) is 57.6 Å². The van der Waals surface area contributed by atoms with Crippen LogP contribution >= 0.6 is 0 Å². The van der Waals surface area contributed by atoms with E-state index in [2.05, 4.69) is 27.0 Å². The zero-order valence-corrected chi connectivity index (χ0v) is 15.9. The lowest BCUT2D eigenvalue weighted by Gasteiger charge is -2.42. The van der Waals surface area contributed by atoms with Gasteiger partial charge in [-0.2, -0.15) is 0 Å². The minimum Gasteiger partial charge on any atom is -0.377 e. The molecule has 4 heterocycles. The SMILES string of the molecule is c1cncc(COCCC2CCOC23CCN(Cc2cccnc2)CC3)c1. The number of pyridine rings is 2. The Morgan fingerprint density at radius 2 is 1.81 bits per heavy atom. The van der Waals surface area contributed by atoms with Crippen molar-refractivity contribution < 1.29 is 9.47 Å². The van der Waals surface area contributed by atoms with Gasteiger partial charge in [0.15, 0.2) is 0 Å². The van der Waals surface area contributed by atoms with Gasteiger partial charge in [-0.05, 0) is 54.9 Å². The van der Waals surface area contributed by atoms with Crippen molar-refractivity contribution >= 4 is 0 Å². The largest absolute Gasteiger partial charge is 0.377 e. The van der Waals surface area contributed by atoms with Gasteiger partial charge in [0.05, 0.1) is 12.2 Å². The third-order valence-corrected chi connectivity index (χ3v) is 6.03. The van der Waals surface area contributed by atoms with Crippen molar-refractivity contribution in [1.82, 2.24) is 14.9 Å². The maximum absolute atomic E-state index is 6.30. The van der Waals surface area contributed by atoms with Gasteiger partial charge in [-0.25, -0.2) is 0 Å². The van der Waals surface area contributed by atoms with Crippen LogP contribution in [0.3, 0.4) is 0 Å². The minimum absolute atomic E-state index is 0.0725. The van der Waals surface area contributed by atoms with Crippen LogP contribution in [0.5, 0.6) is 0 Å². The van der Waals surface area contributed by atoms with E-state index in [9.17, 15) is 0 Å². The summed E-state index contributed by atoms with van der Waals surface area (Å²) in [6.45, 7) is 5.53. The summed E-state index contributed by atoms with van der Waals surface area (Å²) in [6.07, 6.45) is 12.0. The summed E-state index contributed by atoms with van der Waals surface area (Å²) < 4.78 is 12.2. The molecule has 0 saturated carbocycles. The Morgan fingerprint density at radius 3 is 2.52 bits per heavy atom. The molecule has 2 aromatic rings. The van der Waals surface area contributed by atoms with Crippen LogP contribution in [0.2, 0.25) is 0 Å². The number of piperidine rings is 1. The highest BCUT2D eigenvalue weighted by Gasteiger charge is 2.45. The number of ether oxygens (including phenoxy) is 2. The zero-order valence-electron chi connectivity index (χ0n) is 15.9. The molecule has 1 spiro atoms. The molecule has 5 nitrogen and oxygen atoms in total. The van der Waals surface area contributed by atoms with E-state index in [1.165, 1.54) is 12.0 Å². The average molecular weight is 367 g/mol. The Kier molecular flexibility index (Phi) is 6.12. The summed E-state index contributed by atoms with van der Waals surface area (Å²) >= 11 is 0. The Labute approximate surface area is 161 Å². The number of hydrogen-bond donors (Lipinski definition) is 0. The molecule has 2 aromatic heterocycles. The quantitative estimate of drug-likeness (QED) is 0.702. The van der Waals surface area contributed by atoms with Crippen molar-refractivity contribution in [3.63, 3.8) is 0 Å². The first kappa shape index (κ1) is 18.5. The first-order valence-corrected chi connectivity index (χ1v) is 10.1. The van der Waals surface area contributed by atoms with Crippen molar-refractivity contribution in [1.29, 1.82) is 0 Å². The molecule has 0 radical (unpaired) electrons. The molecule has 2 aliphatic rings. The number of hydrogen-bond acceptors (Lipinski definition) is 5. The number of rotatable bonds is 7. The van der Waals surface area contributed by atoms with Crippen LogP contribution in [0.4, 0.5) is 0 Å². The molecule has 27 heavy (non-hydrogen) atoms. The molecule has 1 unspecified atom stereocenters. The highest BCUT2D eigenvalue weighted by Crippen LogP contribution is 2.42. The molecular formula is C22H29N3O2. The Hall–Kier alpha value is -1.82. The lowest BCUT2D eigenvalue weighted by Crippen LogP contribution is -2.47. The second-order valence-corrected chi connectivity index (χ2v) is 7.74. The summed E-state index contributed by atoms with van der Waals surface area (Å²) in [4.78, 5) is 10.9. The fourth-order valence-corrected chi connectivity index (χ4v) is 4.48. The van der Waals surface area contributed by atoms with Crippen molar-refractivity contribution in [3.8, 4) is 0 Å². The summed E-state index contributed by atoms with van der Waals surface area (Å²) in [6, 6.07) is 8.19. The van der Waals surface area contributed by atoms with Crippen LogP contribution in [-0.2, 0) is 22.6 Å². The lowest BCUT2D eigenvalue weighted by molar-refractivity contribution is -0.0733. The van der Waals surface area contributed by atoms with Gasteiger partial charge < -0.3 is 9.47 Å². The van der Waals surface area contributed by atoms with E-state index in [4.69, 9.17) is 9.47 Å². The van der Waals surface area contributed by atoms with E-state index in [-0.39, 0.29) is 5.60 Å². The maximum Gasteiger partial charge on any atom is 0.0736 e. The molecule has 0 N–H and O–H groups in total. The van der Waals surface area contributed by atoms with Gasteiger partial charge in [0.25, 0.3) is 0 Å². The maximum atomic E-state index is 6.30. The monoisotopic (exact) mass is 367 g/mol. The second-order valence-electron chi connectivity index (χ2n) is 7.74. The van der Waals surface area contributed by atoms with Crippen LogP contribution in [-0.4, -0.2) is 46.8 Å². The standard InChI is InChI=1S/C22H29N3O2/c1-3-19(15-23-9-1)17-25-11-7-22(8-12-25)21(6-14-27-22)5-13-26-18-20-4-2-10-24-16-20/h1-4,9-10,15-16,21H,5-8,11-14,17-18H2. The van der Waals surface area contributed by atoms with E-state index in [1.807, 2.05) is 30.7 Å². The molecule has 0 amide bonds. The van der Waals surface area contributed by atoms with Gasteiger partial charge in [-0.1, -0.05) is 12.1 Å². The van der Waals surface area contributed by atoms with E-state index in [1.54, 1.807) is 6.20 Å². The van der Waals surface area contributed by atoms with E-state index in [0.717, 1.165) is 57.7 Å². The zero-order chi connectivity index (χ0) is 18.4. The van der Waals surface area contributed by atoms with Gasteiger partial charge in [-0.3, -0.25) is 14.9 Å². The summed E-state index contributed by atoms with van der Waals surface area (Å²) in [7, 11) is 0. The number of aromatic nitrogens is 2. The lowest BCUT2D eigenvalue weighted by atomic mass is 9.78. The van der Waals surface area contributed by atoms with Crippen LogP contribution in [0, 0.1) is 5.92 Å². The average Bonchev–Trinajstić information content (AvgIpc) is 3.11. The van der Waals surface area contributed by atoms with Crippen LogP contribution in [0.15, 0.2) is 49.1 Å². The first-order valence-electron chi connectivity index (χ1n) is 10.1. The normalized spacial score (nSPS) is 22.3. The van der Waals surface area contributed by atoms with E-state index in [0.29, 0.717) is 12.5 Å². The van der Waals surface area contributed by atoms with Crippen LogP contribution < -0.4 is 0 Å². The van der Waals surface area contributed by atoms with Crippen LogP contribution in [0.1, 0.15) is 36.8 Å². The Morgan fingerprint density at radius 1 is 1.07 bits per heavy atom. The second kappa shape index (κ2) is 8.91. The molecule has 144 valence electrons. The highest BCUT2D eigenvalue weighted by atomic mass is 16.5. The minimum atomic E-state index is 0.0725. The first-order chi connectivity index (χ1) is 13.3.